The summed E-state index contributed by atoms with van der Waals surface area (Å²) in [6.45, 7) is 1.90. The standard InChI is InChI=1S/C27H31FN3O10P/c1-16(26(34)39-18-9-11-37-12-10-18)30-42(36,41-22-8-4-6-17-5-2-3-7-19(17)22)38-15-23-21(32)13-24(40-23)31-14-20(28)25(33)29-27(31)35/h2-8,14,16,18,21,23-24,32H,9-13,15H2,1H3,(H,30,36)(H,29,33,35)/t16-,21?,23+,24+,42?/m0/s1. The molecule has 15 heteroatoms. The number of H-pyrrole nitrogens is 1. The summed E-state index contributed by atoms with van der Waals surface area (Å²) in [4.78, 5) is 38.2. The molecule has 2 aliphatic heterocycles. The summed E-state index contributed by atoms with van der Waals surface area (Å²) in [7, 11) is -4.35. The molecule has 2 unspecified atom stereocenters. The minimum absolute atomic E-state index is 0.144. The summed E-state index contributed by atoms with van der Waals surface area (Å²) in [5.41, 5.74) is -2.11. The number of carbonyl (C=O) groups excluding carboxylic acids is 1. The summed E-state index contributed by atoms with van der Waals surface area (Å²) in [6, 6.07) is 11.3. The van der Waals surface area contributed by atoms with E-state index in [2.05, 4.69) is 5.09 Å². The predicted octanol–water partition coefficient (Wildman–Crippen LogP) is 2.38. The number of aromatic amines is 1. The Morgan fingerprint density at radius 2 is 1.95 bits per heavy atom. The van der Waals surface area contributed by atoms with Crippen molar-refractivity contribution in [2.24, 2.45) is 0 Å². The smallest absolute Gasteiger partial charge is 0.459 e. The van der Waals surface area contributed by atoms with Crippen molar-refractivity contribution in [3.63, 3.8) is 0 Å². The molecule has 2 aromatic carbocycles. The van der Waals surface area contributed by atoms with Gasteiger partial charge in [-0.2, -0.15) is 9.48 Å². The van der Waals surface area contributed by atoms with Gasteiger partial charge in [0.1, 0.15) is 30.2 Å². The van der Waals surface area contributed by atoms with Gasteiger partial charge in [-0.05, 0) is 18.4 Å². The first-order valence-corrected chi connectivity index (χ1v) is 15.0. The van der Waals surface area contributed by atoms with Gasteiger partial charge in [0, 0.05) is 24.6 Å². The lowest BCUT2D eigenvalue weighted by Gasteiger charge is -2.27. The third-order valence-corrected chi connectivity index (χ3v) is 8.60. The molecule has 3 N–H and O–H groups in total. The van der Waals surface area contributed by atoms with Gasteiger partial charge in [-0.25, -0.2) is 9.36 Å². The monoisotopic (exact) mass is 607 g/mol. The van der Waals surface area contributed by atoms with Crippen LogP contribution < -0.4 is 20.9 Å². The van der Waals surface area contributed by atoms with E-state index in [-0.39, 0.29) is 18.3 Å². The van der Waals surface area contributed by atoms with E-state index in [1.54, 1.807) is 24.3 Å². The minimum atomic E-state index is -4.35. The van der Waals surface area contributed by atoms with Crippen LogP contribution >= 0.6 is 7.75 Å². The van der Waals surface area contributed by atoms with Crippen LogP contribution in [0, 0.1) is 5.82 Å². The lowest BCUT2D eigenvalue weighted by molar-refractivity contribution is -0.154. The zero-order chi connectivity index (χ0) is 29.9. The summed E-state index contributed by atoms with van der Waals surface area (Å²) >= 11 is 0. The van der Waals surface area contributed by atoms with Gasteiger partial charge < -0.3 is 23.8 Å². The molecular weight excluding hydrogens is 576 g/mol. The molecule has 13 nitrogen and oxygen atoms in total. The van der Waals surface area contributed by atoms with Crippen LogP contribution in [0.3, 0.4) is 0 Å². The Bertz CT molecular complexity index is 1580. The lowest BCUT2D eigenvalue weighted by Crippen LogP contribution is -2.39. The number of nitrogens with zero attached hydrogens (tertiary/aromatic N) is 1. The molecule has 0 amide bonds. The Hall–Kier alpha value is -3.39. The maximum atomic E-state index is 14.1. The van der Waals surface area contributed by atoms with E-state index in [9.17, 15) is 28.4 Å². The number of ether oxygens (including phenoxy) is 3. The van der Waals surface area contributed by atoms with Gasteiger partial charge in [0.05, 0.1) is 32.1 Å². The predicted molar refractivity (Wildman–Crippen MR) is 146 cm³/mol. The normalized spacial score (nSPS) is 23.4. The number of hydrogen-bond acceptors (Lipinski definition) is 10. The summed E-state index contributed by atoms with van der Waals surface area (Å²) in [6.07, 6.45) is -2.17. The Labute approximate surface area is 239 Å². The number of rotatable bonds is 10. The Balaban J connectivity index is 1.33. The Morgan fingerprint density at radius 1 is 1.21 bits per heavy atom. The van der Waals surface area contributed by atoms with Crippen LogP contribution in [0.5, 0.6) is 5.75 Å². The third kappa shape index (κ3) is 6.97. The summed E-state index contributed by atoms with van der Waals surface area (Å²) in [5, 5.41) is 14.7. The zero-order valence-corrected chi connectivity index (χ0v) is 23.5. The lowest BCUT2D eigenvalue weighted by atomic mass is 10.1. The number of aliphatic hydroxyl groups excluding tert-OH is 1. The van der Waals surface area contributed by atoms with E-state index in [4.69, 9.17) is 23.3 Å². The van der Waals surface area contributed by atoms with Crippen molar-refractivity contribution in [1.82, 2.24) is 14.6 Å². The van der Waals surface area contributed by atoms with E-state index in [0.717, 1.165) is 9.95 Å². The molecule has 0 spiro atoms. The molecule has 0 bridgehead atoms. The average molecular weight is 608 g/mol. The van der Waals surface area contributed by atoms with Crippen LogP contribution in [0.25, 0.3) is 10.8 Å². The van der Waals surface area contributed by atoms with Crippen molar-refractivity contribution in [3.8, 4) is 5.75 Å². The van der Waals surface area contributed by atoms with E-state index < -0.39 is 61.9 Å². The molecular formula is C27H31FN3O10P. The highest BCUT2D eigenvalue weighted by Crippen LogP contribution is 2.47. The van der Waals surface area contributed by atoms with Crippen LogP contribution in [-0.4, -0.2) is 64.8 Å². The van der Waals surface area contributed by atoms with Crippen LogP contribution in [0.2, 0.25) is 0 Å². The Morgan fingerprint density at radius 3 is 2.74 bits per heavy atom. The number of benzene rings is 2. The van der Waals surface area contributed by atoms with Crippen molar-refractivity contribution in [3.05, 3.63) is 75.3 Å². The van der Waals surface area contributed by atoms with Crippen LogP contribution in [0.1, 0.15) is 32.4 Å². The van der Waals surface area contributed by atoms with Gasteiger partial charge in [0.2, 0.25) is 5.82 Å². The number of hydrogen-bond donors (Lipinski definition) is 3. The molecule has 5 rings (SSSR count). The van der Waals surface area contributed by atoms with Crippen LogP contribution in [0.4, 0.5) is 4.39 Å². The molecule has 0 aliphatic carbocycles. The van der Waals surface area contributed by atoms with Crippen molar-refractivity contribution in [2.75, 3.05) is 19.8 Å². The second-order valence-corrected chi connectivity index (χ2v) is 11.7. The maximum absolute atomic E-state index is 14.1. The Kier molecular flexibility index (Phi) is 9.21. The van der Waals surface area contributed by atoms with Gasteiger partial charge in [0.25, 0.3) is 5.56 Å². The largest absolute Gasteiger partial charge is 0.461 e. The van der Waals surface area contributed by atoms with Gasteiger partial charge in [0.15, 0.2) is 0 Å². The fourth-order valence-electron chi connectivity index (χ4n) is 4.73. The highest BCUT2D eigenvalue weighted by molar-refractivity contribution is 7.52. The van der Waals surface area contributed by atoms with Gasteiger partial charge in [-0.3, -0.25) is 23.7 Å². The molecule has 0 radical (unpaired) electrons. The first-order valence-electron chi connectivity index (χ1n) is 13.4. The van der Waals surface area contributed by atoms with E-state index in [0.29, 0.717) is 37.6 Å². The number of esters is 1. The SMILES string of the molecule is C[C@H](NP(=O)(OC[C@H]1O[C@@H](n2cc(F)c(=O)[nH]c2=O)CC1O)Oc1cccc2ccccc12)C(=O)OC1CCOCC1. The molecule has 0 saturated carbocycles. The first kappa shape index (κ1) is 30.1. The van der Waals surface area contributed by atoms with E-state index >= 15 is 0 Å². The number of nitrogens with one attached hydrogen (secondary N) is 2. The zero-order valence-electron chi connectivity index (χ0n) is 22.6. The highest BCUT2D eigenvalue weighted by atomic mass is 31.2. The van der Waals surface area contributed by atoms with Gasteiger partial charge in [-0.15, -0.1) is 0 Å². The van der Waals surface area contributed by atoms with Crippen molar-refractivity contribution in [2.45, 2.75) is 56.8 Å². The molecule has 1 aromatic heterocycles. The topological polar surface area (TPSA) is 167 Å². The second-order valence-electron chi connectivity index (χ2n) is 10.0. The fraction of sp³-hybridized carbons (Fsp3) is 0.444. The first-order chi connectivity index (χ1) is 20.1. The maximum Gasteiger partial charge on any atom is 0.459 e. The molecule has 2 aliphatic rings. The number of carbonyl (C=O) groups is 1. The second kappa shape index (κ2) is 12.9. The molecule has 3 aromatic rings. The van der Waals surface area contributed by atoms with Crippen molar-refractivity contribution >= 4 is 24.5 Å². The highest BCUT2D eigenvalue weighted by Gasteiger charge is 2.40. The number of halogens is 1. The summed E-state index contributed by atoms with van der Waals surface area (Å²) in [5.74, 6) is -1.65. The summed E-state index contributed by atoms with van der Waals surface area (Å²) < 4.78 is 56.8. The van der Waals surface area contributed by atoms with Gasteiger partial charge in [-0.1, -0.05) is 36.4 Å². The average Bonchev–Trinajstić information content (AvgIpc) is 3.34. The van der Waals surface area contributed by atoms with Crippen LogP contribution in [0.15, 0.2) is 58.3 Å². The van der Waals surface area contributed by atoms with Crippen molar-refractivity contribution in [1.29, 1.82) is 0 Å². The molecule has 2 fully saturated rings. The number of fused-ring (bicyclic) bond motifs is 1. The minimum Gasteiger partial charge on any atom is -0.461 e. The number of aliphatic hydroxyl groups is 1. The van der Waals surface area contributed by atoms with Gasteiger partial charge >= 0.3 is 19.4 Å². The molecule has 226 valence electrons. The number of aromatic nitrogens is 2. The van der Waals surface area contributed by atoms with E-state index in [1.807, 2.05) is 23.2 Å². The third-order valence-electron chi connectivity index (χ3n) is 6.97. The fourth-order valence-corrected chi connectivity index (χ4v) is 6.25. The van der Waals surface area contributed by atoms with E-state index in [1.165, 1.54) is 6.92 Å². The van der Waals surface area contributed by atoms with Crippen LogP contribution in [-0.2, 0) is 28.1 Å². The quantitative estimate of drug-likeness (QED) is 0.229. The molecule has 2 saturated heterocycles. The molecule has 5 atom stereocenters. The van der Waals surface area contributed by atoms with Crippen molar-refractivity contribution < 1.29 is 42.1 Å². The molecule has 42 heavy (non-hydrogen) atoms. The molecule has 3 heterocycles.